The lowest BCUT2D eigenvalue weighted by atomic mass is 9.93. The van der Waals surface area contributed by atoms with E-state index in [0.29, 0.717) is 50.8 Å². The maximum absolute atomic E-state index is 15.6. The Kier molecular flexibility index (Phi) is 9.14. The van der Waals surface area contributed by atoms with Crippen molar-refractivity contribution in [2.75, 3.05) is 11.0 Å². The smallest absolute Gasteiger partial charge is 0.293 e. The van der Waals surface area contributed by atoms with Crippen molar-refractivity contribution in [3.63, 3.8) is 0 Å². The van der Waals surface area contributed by atoms with Gasteiger partial charge in [0.1, 0.15) is 29.4 Å². The number of aliphatic hydroxyl groups is 1. The first-order valence-corrected chi connectivity index (χ1v) is 19.7. The lowest BCUT2D eigenvalue weighted by Gasteiger charge is -2.23. The molecule has 11 nitrogen and oxygen atoms in total. The van der Waals surface area contributed by atoms with Gasteiger partial charge in [-0.05, 0) is 87.9 Å². The van der Waals surface area contributed by atoms with Crippen LogP contribution in [0.4, 0.5) is 19.0 Å². The van der Waals surface area contributed by atoms with Crippen molar-refractivity contribution in [2.24, 2.45) is 13.0 Å². The zero-order chi connectivity index (χ0) is 40.0. The maximum atomic E-state index is 15.6. The standard InChI is InChI=1S/C39H39ClF3N7O4S/c1-20-14-22(16-23(41)15-20)17-28(45-30(51)19-50-35-32(21(2)46-50)38(5)18-29(38)39(35,42)43)33-25(9-8-24(44-33)12-13-37(3,4)52)26-10-11-27(40)31-34(26)49(6)47-36(31)48-55(7,53)54/h8-11,14-16,28-29,52H,17-19H2,1-7H3,(H,45,51)(H,47,48)/t28-,29+,38-/m0/s1. The average Bonchev–Trinajstić information content (AvgIpc) is 3.41. The molecule has 1 amide bonds. The van der Waals surface area contributed by atoms with Crippen molar-refractivity contribution < 1.29 is 31.5 Å². The van der Waals surface area contributed by atoms with E-state index < -0.39 is 57.2 Å². The number of aryl methyl sites for hydroxylation is 3. The maximum Gasteiger partial charge on any atom is 0.293 e. The van der Waals surface area contributed by atoms with Gasteiger partial charge in [0.15, 0.2) is 5.82 Å². The molecule has 0 spiro atoms. The van der Waals surface area contributed by atoms with Crippen LogP contribution >= 0.6 is 11.6 Å². The van der Waals surface area contributed by atoms with Crippen molar-refractivity contribution in [3.05, 3.63) is 92.8 Å². The van der Waals surface area contributed by atoms with Gasteiger partial charge in [-0.3, -0.25) is 18.9 Å². The molecule has 55 heavy (non-hydrogen) atoms. The number of carbonyl (C=O) groups excluding carboxylic acids is 1. The van der Waals surface area contributed by atoms with Crippen molar-refractivity contribution in [2.45, 2.75) is 77.0 Å². The van der Waals surface area contributed by atoms with Gasteiger partial charge in [0.25, 0.3) is 5.92 Å². The predicted molar refractivity (Wildman–Crippen MR) is 203 cm³/mol. The molecule has 16 heteroatoms. The summed E-state index contributed by atoms with van der Waals surface area (Å²) >= 11 is 6.64. The highest BCUT2D eigenvalue weighted by atomic mass is 35.5. The Morgan fingerprint density at radius 3 is 2.53 bits per heavy atom. The second-order valence-corrected chi connectivity index (χ2v) is 17.5. The van der Waals surface area contributed by atoms with E-state index in [0.717, 1.165) is 10.9 Å². The Morgan fingerprint density at radius 2 is 1.85 bits per heavy atom. The van der Waals surface area contributed by atoms with Crippen LogP contribution in [0.25, 0.3) is 22.0 Å². The van der Waals surface area contributed by atoms with Crippen molar-refractivity contribution in [3.8, 4) is 23.0 Å². The van der Waals surface area contributed by atoms with Gasteiger partial charge in [-0.25, -0.2) is 17.8 Å². The number of benzene rings is 2. The number of carbonyl (C=O) groups is 1. The Balaban J connectivity index is 1.39. The number of nitrogens with zero attached hydrogens (tertiary/aromatic N) is 5. The number of sulfonamides is 1. The van der Waals surface area contributed by atoms with E-state index in [9.17, 15) is 22.7 Å². The molecule has 0 radical (unpaired) electrons. The highest BCUT2D eigenvalue weighted by Gasteiger charge is 2.73. The molecule has 0 bridgehead atoms. The molecule has 2 aliphatic rings. The van der Waals surface area contributed by atoms with Crippen LogP contribution in [0.2, 0.25) is 5.02 Å². The molecule has 1 saturated carbocycles. The largest absolute Gasteiger partial charge is 0.378 e. The normalized spacial score (nSPS) is 19.0. The van der Waals surface area contributed by atoms with Crippen LogP contribution in [0.1, 0.15) is 72.7 Å². The highest BCUT2D eigenvalue weighted by molar-refractivity contribution is 7.92. The van der Waals surface area contributed by atoms with Crippen molar-refractivity contribution in [1.82, 2.24) is 29.9 Å². The van der Waals surface area contributed by atoms with Crippen LogP contribution in [0.3, 0.4) is 0 Å². The number of halogens is 4. The van der Waals surface area contributed by atoms with Gasteiger partial charge in [-0.2, -0.15) is 19.0 Å². The quantitative estimate of drug-likeness (QED) is 0.151. The summed E-state index contributed by atoms with van der Waals surface area (Å²) < 4.78 is 75.5. The zero-order valence-corrected chi connectivity index (χ0v) is 32.7. The monoisotopic (exact) mass is 793 g/mol. The Hall–Kier alpha value is -4.91. The molecule has 0 saturated heterocycles. The van der Waals surface area contributed by atoms with Crippen LogP contribution in [0, 0.1) is 37.4 Å². The predicted octanol–water partition coefficient (Wildman–Crippen LogP) is 6.22. The molecule has 3 atom stereocenters. The van der Waals surface area contributed by atoms with Crippen LogP contribution in [-0.2, 0) is 46.2 Å². The lowest BCUT2D eigenvalue weighted by Crippen LogP contribution is -2.35. The van der Waals surface area contributed by atoms with Crippen LogP contribution < -0.4 is 10.0 Å². The lowest BCUT2D eigenvalue weighted by molar-refractivity contribution is -0.122. The zero-order valence-electron chi connectivity index (χ0n) is 31.1. The molecule has 7 rings (SSSR count). The second-order valence-electron chi connectivity index (χ2n) is 15.3. The third-order valence-corrected chi connectivity index (χ3v) is 11.0. The molecule has 288 valence electrons. The topological polar surface area (TPSA) is 144 Å². The minimum Gasteiger partial charge on any atom is -0.378 e. The van der Waals surface area contributed by atoms with Gasteiger partial charge in [-0.15, -0.1) is 0 Å². The van der Waals surface area contributed by atoms with Gasteiger partial charge in [0.05, 0.1) is 39.6 Å². The van der Waals surface area contributed by atoms with E-state index in [-0.39, 0.29) is 34.3 Å². The van der Waals surface area contributed by atoms with Gasteiger partial charge in [0.2, 0.25) is 15.9 Å². The highest BCUT2D eigenvalue weighted by Crippen LogP contribution is 2.71. The SMILES string of the molecule is Cc1cc(F)cc(C[C@H](NC(=O)Cn2nc(C)c3c2C(F)(F)[C@@H]2C[C@]32C)c2nc(C#CC(C)(C)O)ccc2-c2ccc(Cl)c3c(NS(C)(=O)=O)nn(C)c23)c1. The summed E-state index contributed by atoms with van der Waals surface area (Å²) in [6.45, 7) is 7.71. The molecule has 0 aliphatic heterocycles. The summed E-state index contributed by atoms with van der Waals surface area (Å²) in [5, 5.41) is 22.6. The van der Waals surface area contributed by atoms with E-state index in [1.165, 1.54) is 30.7 Å². The number of rotatable bonds is 9. The van der Waals surface area contributed by atoms with Gasteiger partial charge in [-0.1, -0.05) is 36.6 Å². The van der Waals surface area contributed by atoms with Gasteiger partial charge in [0, 0.05) is 35.1 Å². The molecule has 3 N–H and O–H groups in total. The molecular formula is C39H39ClF3N7O4S. The minimum atomic E-state index is -3.75. The second kappa shape index (κ2) is 13.1. The summed E-state index contributed by atoms with van der Waals surface area (Å²) in [6, 6.07) is 10.1. The number of hydrogen-bond donors (Lipinski definition) is 3. The summed E-state index contributed by atoms with van der Waals surface area (Å²) in [7, 11) is -2.14. The minimum absolute atomic E-state index is 0.000502. The molecule has 2 aliphatic carbocycles. The van der Waals surface area contributed by atoms with Crippen LogP contribution in [-0.4, -0.2) is 55.8 Å². The molecule has 3 aromatic heterocycles. The van der Waals surface area contributed by atoms with Crippen molar-refractivity contribution >= 4 is 44.3 Å². The summed E-state index contributed by atoms with van der Waals surface area (Å²) in [5.74, 6) is 0.484. The van der Waals surface area contributed by atoms with E-state index in [1.54, 1.807) is 58.2 Å². The number of hydrogen-bond acceptors (Lipinski definition) is 7. The molecule has 1 fully saturated rings. The van der Waals surface area contributed by atoms with E-state index in [1.807, 2.05) is 0 Å². The molecular weight excluding hydrogens is 755 g/mol. The Bertz CT molecular complexity index is 2580. The summed E-state index contributed by atoms with van der Waals surface area (Å²) in [5.41, 5.74) is 1.66. The number of nitrogens with one attached hydrogen (secondary N) is 2. The fourth-order valence-electron chi connectivity index (χ4n) is 7.91. The first-order valence-electron chi connectivity index (χ1n) is 17.5. The fourth-order valence-corrected chi connectivity index (χ4v) is 8.64. The van der Waals surface area contributed by atoms with Crippen LogP contribution in [0.15, 0.2) is 42.5 Å². The first-order chi connectivity index (χ1) is 25.6. The average molecular weight is 794 g/mol. The molecule has 3 heterocycles. The Labute approximate surface area is 321 Å². The number of anilines is 1. The summed E-state index contributed by atoms with van der Waals surface area (Å²) in [4.78, 5) is 19.0. The molecule has 0 unspecified atom stereocenters. The van der Waals surface area contributed by atoms with Gasteiger partial charge >= 0.3 is 0 Å². The van der Waals surface area contributed by atoms with Crippen LogP contribution in [0.5, 0.6) is 0 Å². The third-order valence-electron chi connectivity index (χ3n) is 10.1. The van der Waals surface area contributed by atoms with E-state index in [2.05, 4.69) is 32.1 Å². The van der Waals surface area contributed by atoms with Gasteiger partial charge < -0.3 is 10.4 Å². The molecule has 2 aromatic carbocycles. The van der Waals surface area contributed by atoms with Crippen molar-refractivity contribution in [1.29, 1.82) is 0 Å². The number of fused-ring (bicyclic) bond motifs is 4. The van der Waals surface area contributed by atoms with E-state index >= 15 is 8.78 Å². The fraction of sp³-hybridized carbons (Fsp3) is 0.385. The molecule has 5 aromatic rings. The van der Waals surface area contributed by atoms with E-state index in [4.69, 9.17) is 16.6 Å². The number of alkyl halides is 2. The summed E-state index contributed by atoms with van der Waals surface area (Å²) in [6.07, 6.45) is 1.36. The Morgan fingerprint density at radius 1 is 1.15 bits per heavy atom. The number of amides is 1. The third kappa shape index (κ3) is 7.18. The number of pyridine rings is 1. The first kappa shape index (κ1) is 38.4. The number of aromatic nitrogens is 5.